The van der Waals surface area contributed by atoms with E-state index in [0.29, 0.717) is 17.9 Å². The molecule has 0 spiro atoms. The highest BCUT2D eigenvalue weighted by molar-refractivity contribution is 6.04. The number of rotatable bonds is 6. The van der Waals surface area contributed by atoms with Crippen LogP contribution in [0, 0.1) is 0 Å². The highest BCUT2D eigenvalue weighted by Gasteiger charge is 2.25. The number of ether oxygens (including phenoxy) is 1. The molecule has 2 amide bonds. The van der Waals surface area contributed by atoms with E-state index in [1.54, 1.807) is 48.8 Å². The molecule has 4 N–H and O–H groups in total. The molecule has 1 aromatic heterocycles. The standard InChI is InChI=1S/C23H22N4O3.2ClH/c24-19(13-22(28)27-20-14-30-21-4-2-1-3-18(20)21)15-5-7-16(8-6-15)23(29)26-17-9-11-25-12-10-17;;/h1-12,19-20H,13-14,24H2,(H,27,28)(H,25,26,29);2*1H/t19-,20?;;/m1../s1. The van der Waals surface area contributed by atoms with Crippen LogP contribution in [-0.4, -0.2) is 23.4 Å². The first kappa shape index (κ1) is 25.1. The highest BCUT2D eigenvalue weighted by atomic mass is 35.5. The van der Waals surface area contributed by atoms with Gasteiger partial charge in [-0.3, -0.25) is 14.6 Å². The first-order valence-corrected chi connectivity index (χ1v) is 9.68. The number of nitrogens with two attached hydrogens (primary N) is 1. The summed E-state index contributed by atoms with van der Waals surface area (Å²) < 4.78 is 5.59. The Hall–Kier alpha value is -3.13. The van der Waals surface area contributed by atoms with Crippen molar-refractivity contribution >= 4 is 42.3 Å². The SMILES string of the molecule is Cl.Cl.N[C@H](CC(=O)NC1COc2ccccc21)c1ccc(C(=O)Nc2ccncc2)cc1. The lowest BCUT2D eigenvalue weighted by Gasteiger charge is -2.16. The topological polar surface area (TPSA) is 106 Å². The molecule has 9 heteroatoms. The van der Waals surface area contributed by atoms with Crippen LogP contribution in [0.2, 0.25) is 0 Å². The largest absolute Gasteiger partial charge is 0.491 e. The molecule has 0 saturated carbocycles. The Kier molecular flexibility index (Phi) is 9.02. The third-order valence-electron chi connectivity index (χ3n) is 4.98. The van der Waals surface area contributed by atoms with E-state index < -0.39 is 6.04 Å². The molecule has 0 saturated heterocycles. The van der Waals surface area contributed by atoms with Crippen molar-refractivity contribution in [2.45, 2.75) is 18.5 Å². The van der Waals surface area contributed by atoms with Crippen molar-refractivity contribution in [3.8, 4) is 5.75 Å². The van der Waals surface area contributed by atoms with E-state index in [1.807, 2.05) is 24.3 Å². The fourth-order valence-electron chi connectivity index (χ4n) is 3.37. The Morgan fingerprint density at radius 3 is 2.44 bits per heavy atom. The van der Waals surface area contributed by atoms with Gasteiger partial charge in [0.05, 0.1) is 6.04 Å². The average Bonchev–Trinajstić information content (AvgIpc) is 3.17. The number of benzene rings is 2. The molecule has 0 radical (unpaired) electrons. The number of anilines is 1. The zero-order valence-corrected chi connectivity index (χ0v) is 18.7. The number of carbonyl (C=O) groups excluding carboxylic acids is 2. The van der Waals surface area contributed by atoms with Crippen LogP contribution < -0.4 is 21.1 Å². The summed E-state index contributed by atoms with van der Waals surface area (Å²) in [4.78, 5) is 28.7. The van der Waals surface area contributed by atoms with Crippen molar-refractivity contribution in [2.24, 2.45) is 5.73 Å². The fourth-order valence-corrected chi connectivity index (χ4v) is 3.37. The lowest BCUT2D eigenvalue weighted by atomic mass is 10.0. The molecule has 0 aliphatic carbocycles. The maximum absolute atomic E-state index is 12.5. The third-order valence-corrected chi connectivity index (χ3v) is 4.98. The van der Waals surface area contributed by atoms with Gasteiger partial charge < -0.3 is 21.1 Å². The molecule has 2 atom stereocenters. The number of hydrogen-bond donors (Lipinski definition) is 3. The second kappa shape index (κ2) is 11.5. The average molecular weight is 475 g/mol. The van der Waals surface area contributed by atoms with Crippen molar-refractivity contribution in [3.63, 3.8) is 0 Å². The van der Waals surface area contributed by atoms with E-state index in [1.165, 1.54) is 0 Å². The third kappa shape index (κ3) is 5.97. The number of nitrogens with one attached hydrogen (secondary N) is 2. The zero-order chi connectivity index (χ0) is 20.9. The van der Waals surface area contributed by atoms with Crippen LogP contribution in [0.5, 0.6) is 5.75 Å². The van der Waals surface area contributed by atoms with Gasteiger partial charge in [0.1, 0.15) is 12.4 Å². The minimum absolute atomic E-state index is 0. The minimum Gasteiger partial charge on any atom is -0.491 e. The molecule has 1 unspecified atom stereocenters. The van der Waals surface area contributed by atoms with Gasteiger partial charge in [0.15, 0.2) is 0 Å². The summed E-state index contributed by atoms with van der Waals surface area (Å²) in [6.45, 7) is 0.418. The zero-order valence-electron chi connectivity index (χ0n) is 17.1. The Morgan fingerprint density at radius 1 is 1.03 bits per heavy atom. The molecule has 1 aliphatic heterocycles. The van der Waals surface area contributed by atoms with E-state index in [9.17, 15) is 9.59 Å². The predicted octanol–water partition coefficient (Wildman–Crippen LogP) is 3.82. The van der Waals surface area contributed by atoms with Gasteiger partial charge in [-0.25, -0.2) is 0 Å². The molecule has 168 valence electrons. The van der Waals surface area contributed by atoms with Crippen LogP contribution in [0.15, 0.2) is 73.1 Å². The Morgan fingerprint density at radius 2 is 1.72 bits per heavy atom. The van der Waals surface area contributed by atoms with Gasteiger partial charge in [-0.2, -0.15) is 0 Å². The van der Waals surface area contributed by atoms with Gasteiger partial charge in [0.25, 0.3) is 5.91 Å². The number of fused-ring (bicyclic) bond motifs is 1. The van der Waals surface area contributed by atoms with Gasteiger partial charge in [-0.1, -0.05) is 30.3 Å². The monoisotopic (exact) mass is 474 g/mol. The van der Waals surface area contributed by atoms with E-state index in [-0.39, 0.29) is 49.1 Å². The van der Waals surface area contributed by atoms with Crippen LogP contribution in [0.3, 0.4) is 0 Å². The molecule has 2 aromatic carbocycles. The molecule has 7 nitrogen and oxygen atoms in total. The van der Waals surface area contributed by atoms with Gasteiger partial charge in [0, 0.05) is 41.7 Å². The van der Waals surface area contributed by atoms with Crippen molar-refractivity contribution in [2.75, 3.05) is 11.9 Å². The number of hydrogen-bond acceptors (Lipinski definition) is 5. The number of para-hydroxylation sites is 1. The number of carbonyl (C=O) groups is 2. The maximum atomic E-state index is 12.5. The summed E-state index contributed by atoms with van der Waals surface area (Å²) in [6, 6.07) is 17.4. The van der Waals surface area contributed by atoms with Crippen molar-refractivity contribution in [3.05, 3.63) is 89.7 Å². The maximum Gasteiger partial charge on any atom is 0.255 e. The molecular formula is C23H24Cl2N4O3. The summed E-state index contributed by atoms with van der Waals surface area (Å²) in [5.41, 5.74) is 9.15. The van der Waals surface area contributed by atoms with Crippen molar-refractivity contribution in [1.29, 1.82) is 0 Å². The molecule has 2 heterocycles. The second-order valence-electron chi connectivity index (χ2n) is 7.09. The summed E-state index contributed by atoms with van der Waals surface area (Å²) in [5.74, 6) is 0.430. The molecular weight excluding hydrogens is 451 g/mol. The van der Waals surface area contributed by atoms with E-state index in [0.717, 1.165) is 16.9 Å². The van der Waals surface area contributed by atoms with Gasteiger partial charge in [-0.15, -0.1) is 24.8 Å². The first-order chi connectivity index (χ1) is 14.6. The molecule has 4 rings (SSSR count). The van der Waals surface area contributed by atoms with Gasteiger partial charge in [-0.05, 0) is 35.9 Å². The predicted molar refractivity (Wildman–Crippen MR) is 127 cm³/mol. The lowest BCUT2D eigenvalue weighted by molar-refractivity contribution is -0.122. The van der Waals surface area contributed by atoms with Crippen LogP contribution in [0.4, 0.5) is 5.69 Å². The Bertz CT molecular complexity index is 1050. The lowest BCUT2D eigenvalue weighted by Crippen LogP contribution is -2.31. The Balaban J connectivity index is 0.00000181. The number of halogens is 2. The number of aromatic nitrogens is 1. The smallest absolute Gasteiger partial charge is 0.255 e. The normalized spacial score (nSPS) is 14.6. The molecule has 32 heavy (non-hydrogen) atoms. The van der Waals surface area contributed by atoms with Crippen LogP contribution in [0.1, 0.15) is 40.0 Å². The summed E-state index contributed by atoms with van der Waals surface area (Å²) in [7, 11) is 0. The van der Waals surface area contributed by atoms with Crippen LogP contribution in [-0.2, 0) is 4.79 Å². The van der Waals surface area contributed by atoms with Gasteiger partial charge >= 0.3 is 0 Å². The number of pyridine rings is 1. The highest BCUT2D eigenvalue weighted by Crippen LogP contribution is 2.31. The minimum atomic E-state index is -0.472. The summed E-state index contributed by atoms with van der Waals surface area (Å²) in [5, 5.41) is 5.78. The molecule has 3 aromatic rings. The van der Waals surface area contributed by atoms with Crippen LogP contribution in [0.25, 0.3) is 0 Å². The first-order valence-electron chi connectivity index (χ1n) is 9.68. The van der Waals surface area contributed by atoms with Crippen molar-refractivity contribution in [1.82, 2.24) is 10.3 Å². The van der Waals surface area contributed by atoms with Gasteiger partial charge in [0.2, 0.25) is 5.91 Å². The van der Waals surface area contributed by atoms with E-state index in [2.05, 4.69) is 15.6 Å². The second-order valence-corrected chi connectivity index (χ2v) is 7.09. The van der Waals surface area contributed by atoms with Crippen LogP contribution >= 0.6 is 24.8 Å². The van der Waals surface area contributed by atoms with E-state index >= 15 is 0 Å². The fraction of sp³-hybridized carbons (Fsp3) is 0.174. The van der Waals surface area contributed by atoms with E-state index in [4.69, 9.17) is 10.5 Å². The molecule has 0 bridgehead atoms. The molecule has 1 aliphatic rings. The Labute approximate surface area is 198 Å². The summed E-state index contributed by atoms with van der Waals surface area (Å²) in [6.07, 6.45) is 3.36. The number of nitrogens with zero attached hydrogens (tertiary/aromatic N) is 1. The summed E-state index contributed by atoms with van der Waals surface area (Å²) >= 11 is 0. The number of amides is 2. The quantitative estimate of drug-likeness (QED) is 0.503. The molecule has 0 fully saturated rings. The van der Waals surface area contributed by atoms with Crippen molar-refractivity contribution < 1.29 is 14.3 Å².